The fourth-order valence-corrected chi connectivity index (χ4v) is 6.60. The Morgan fingerprint density at radius 2 is 1.60 bits per heavy atom. The van der Waals surface area contributed by atoms with Crippen molar-refractivity contribution in [3.05, 3.63) is 89.5 Å². The summed E-state index contributed by atoms with van der Waals surface area (Å²) in [6.45, 7) is 7.58. The highest BCUT2D eigenvalue weighted by Crippen LogP contribution is 2.27. The Hall–Kier alpha value is -3.85. The van der Waals surface area contributed by atoms with E-state index < -0.39 is 28.5 Å². The topological polar surface area (TPSA) is 96.0 Å². The number of ether oxygens (including phenoxy) is 1. The van der Waals surface area contributed by atoms with Gasteiger partial charge in [-0.25, -0.2) is 8.42 Å². The van der Waals surface area contributed by atoms with Gasteiger partial charge in [0, 0.05) is 12.6 Å². The number of carbonyl (C=O) groups is 2. The number of hydrogen-bond acceptors (Lipinski definition) is 5. The van der Waals surface area contributed by atoms with Gasteiger partial charge in [-0.2, -0.15) is 0 Å². The van der Waals surface area contributed by atoms with Crippen LogP contribution >= 0.6 is 0 Å². The van der Waals surface area contributed by atoms with E-state index in [0.717, 1.165) is 46.7 Å². The number of hydrogen-bond donors (Lipinski definition) is 1. The number of rotatable bonds is 12. The second-order valence-electron chi connectivity index (χ2n) is 10.9. The van der Waals surface area contributed by atoms with Gasteiger partial charge in [0.05, 0.1) is 17.2 Å². The second kappa shape index (κ2) is 13.9. The molecular weight excluding hydrogens is 550 g/mol. The van der Waals surface area contributed by atoms with Crippen molar-refractivity contribution in [1.82, 2.24) is 10.2 Å². The highest BCUT2D eigenvalue weighted by atomic mass is 32.2. The highest BCUT2D eigenvalue weighted by Gasteiger charge is 2.33. The summed E-state index contributed by atoms with van der Waals surface area (Å²) in [6, 6.07) is 20.1. The first-order chi connectivity index (χ1) is 20.1. The van der Waals surface area contributed by atoms with Crippen LogP contribution in [0.1, 0.15) is 56.2 Å². The molecule has 0 heterocycles. The van der Waals surface area contributed by atoms with E-state index in [1.165, 1.54) is 4.90 Å². The summed E-state index contributed by atoms with van der Waals surface area (Å²) in [7, 11) is -4.13. The molecule has 1 aliphatic carbocycles. The van der Waals surface area contributed by atoms with E-state index in [1.807, 2.05) is 45.0 Å². The smallest absolute Gasteiger partial charge is 0.264 e. The van der Waals surface area contributed by atoms with Gasteiger partial charge in [0.2, 0.25) is 11.8 Å². The van der Waals surface area contributed by atoms with Gasteiger partial charge in [-0.05, 0) is 88.1 Å². The molecule has 1 saturated carbocycles. The highest BCUT2D eigenvalue weighted by molar-refractivity contribution is 7.92. The first kappa shape index (κ1) is 31.1. The molecule has 0 unspecified atom stereocenters. The Labute approximate surface area is 249 Å². The number of sulfonamides is 1. The zero-order chi connectivity index (χ0) is 30.3. The molecule has 3 aromatic carbocycles. The molecule has 1 N–H and O–H groups in total. The maximum Gasteiger partial charge on any atom is 0.264 e. The number of aryl methyl sites for hydroxylation is 2. The molecule has 1 fully saturated rings. The average Bonchev–Trinajstić information content (AvgIpc) is 3.49. The van der Waals surface area contributed by atoms with Crippen molar-refractivity contribution >= 4 is 27.5 Å². The van der Waals surface area contributed by atoms with Crippen LogP contribution in [0.15, 0.2) is 77.7 Å². The van der Waals surface area contributed by atoms with E-state index in [2.05, 4.69) is 5.32 Å². The summed E-state index contributed by atoms with van der Waals surface area (Å²) in [4.78, 5) is 29.1. The predicted molar refractivity (Wildman–Crippen MR) is 165 cm³/mol. The molecule has 2 amide bonds. The third-order valence-electron chi connectivity index (χ3n) is 7.79. The van der Waals surface area contributed by atoms with Crippen molar-refractivity contribution in [3.63, 3.8) is 0 Å². The van der Waals surface area contributed by atoms with Crippen LogP contribution in [-0.2, 0) is 26.2 Å². The Morgan fingerprint density at radius 3 is 2.21 bits per heavy atom. The minimum atomic E-state index is -4.13. The van der Waals surface area contributed by atoms with Gasteiger partial charge in [0.15, 0.2) is 0 Å². The SMILES string of the molecule is CCOc1ccc(N(CC(=O)N(Cc2ccccc2C)[C@H](C)C(=O)NC2CCCC2)S(=O)(=O)c2ccc(C)cc2)cc1. The van der Waals surface area contributed by atoms with Gasteiger partial charge in [-0.3, -0.25) is 13.9 Å². The molecule has 3 aromatic rings. The zero-order valence-corrected chi connectivity index (χ0v) is 25.7. The lowest BCUT2D eigenvalue weighted by molar-refractivity contribution is -0.139. The van der Waals surface area contributed by atoms with E-state index in [-0.39, 0.29) is 23.4 Å². The van der Waals surface area contributed by atoms with Crippen molar-refractivity contribution in [2.24, 2.45) is 0 Å². The number of carbonyl (C=O) groups excluding carboxylic acids is 2. The maximum absolute atomic E-state index is 14.1. The standard InChI is InChI=1S/C33H41N3O5S/c1-5-41-30-18-16-29(17-19-30)36(42(39,40)31-20-14-24(2)15-21-31)23-32(37)35(22-27-11-7-6-10-25(27)3)26(4)33(38)34-28-12-8-9-13-28/h6-7,10-11,14-21,26,28H,5,8-9,12-13,22-23H2,1-4H3,(H,34,38)/t26-/m1/s1. The lowest BCUT2D eigenvalue weighted by Gasteiger charge is -2.33. The Balaban J connectivity index is 1.69. The van der Waals surface area contributed by atoms with Crippen molar-refractivity contribution in [2.75, 3.05) is 17.5 Å². The van der Waals surface area contributed by atoms with Crippen LogP contribution in [0.5, 0.6) is 5.75 Å². The molecule has 9 heteroatoms. The fraction of sp³-hybridized carbons (Fsp3) is 0.394. The van der Waals surface area contributed by atoms with E-state index >= 15 is 0 Å². The van der Waals surface area contributed by atoms with Gasteiger partial charge < -0.3 is 15.0 Å². The fourth-order valence-electron chi connectivity index (χ4n) is 5.19. The summed E-state index contributed by atoms with van der Waals surface area (Å²) in [6.07, 6.45) is 3.98. The monoisotopic (exact) mass is 591 g/mol. The number of benzene rings is 3. The summed E-state index contributed by atoms with van der Waals surface area (Å²) >= 11 is 0. The Morgan fingerprint density at radius 1 is 0.952 bits per heavy atom. The number of amides is 2. The van der Waals surface area contributed by atoms with Crippen molar-refractivity contribution in [1.29, 1.82) is 0 Å². The van der Waals surface area contributed by atoms with Crippen molar-refractivity contribution < 1.29 is 22.7 Å². The predicted octanol–water partition coefficient (Wildman–Crippen LogP) is 5.37. The summed E-state index contributed by atoms with van der Waals surface area (Å²) in [5.74, 6) is -0.117. The molecule has 0 saturated heterocycles. The molecule has 8 nitrogen and oxygen atoms in total. The molecule has 0 aromatic heterocycles. The van der Waals surface area contributed by atoms with Crippen LogP contribution in [0.4, 0.5) is 5.69 Å². The molecule has 1 aliphatic rings. The zero-order valence-electron chi connectivity index (χ0n) is 24.9. The van der Waals surface area contributed by atoms with E-state index in [0.29, 0.717) is 18.0 Å². The largest absolute Gasteiger partial charge is 0.494 e. The number of anilines is 1. The minimum Gasteiger partial charge on any atom is -0.494 e. The Kier molecular flexibility index (Phi) is 10.3. The molecule has 4 rings (SSSR count). The molecule has 0 bridgehead atoms. The van der Waals surface area contributed by atoms with Crippen LogP contribution in [-0.4, -0.2) is 50.4 Å². The number of nitrogens with one attached hydrogen (secondary N) is 1. The van der Waals surface area contributed by atoms with Crippen molar-refractivity contribution in [2.45, 2.75) is 76.9 Å². The third kappa shape index (κ3) is 7.50. The van der Waals surface area contributed by atoms with Crippen LogP contribution in [0.2, 0.25) is 0 Å². The molecule has 0 spiro atoms. The van der Waals surface area contributed by atoms with Gasteiger partial charge in [0.1, 0.15) is 18.3 Å². The van der Waals surface area contributed by atoms with Gasteiger partial charge >= 0.3 is 0 Å². The first-order valence-electron chi connectivity index (χ1n) is 14.6. The van der Waals surface area contributed by atoms with E-state index in [9.17, 15) is 18.0 Å². The lowest BCUT2D eigenvalue weighted by atomic mass is 10.1. The van der Waals surface area contributed by atoms with Crippen LogP contribution in [0.3, 0.4) is 0 Å². The Bertz CT molecular complexity index is 1470. The van der Waals surface area contributed by atoms with Gasteiger partial charge in [0.25, 0.3) is 10.0 Å². The first-order valence-corrected chi connectivity index (χ1v) is 16.0. The molecule has 224 valence electrons. The van der Waals surface area contributed by atoms with Crippen molar-refractivity contribution in [3.8, 4) is 5.75 Å². The molecular formula is C33H41N3O5S. The average molecular weight is 592 g/mol. The normalized spacial score (nSPS) is 14.3. The maximum atomic E-state index is 14.1. The second-order valence-corrected chi connectivity index (χ2v) is 12.7. The van der Waals surface area contributed by atoms with E-state index in [1.54, 1.807) is 55.5 Å². The van der Waals surface area contributed by atoms with E-state index in [4.69, 9.17) is 4.74 Å². The molecule has 42 heavy (non-hydrogen) atoms. The number of nitrogens with zero attached hydrogens (tertiary/aromatic N) is 2. The van der Waals surface area contributed by atoms with Gasteiger partial charge in [-0.1, -0.05) is 54.8 Å². The van der Waals surface area contributed by atoms with Crippen LogP contribution in [0, 0.1) is 13.8 Å². The summed E-state index contributed by atoms with van der Waals surface area (Å²) < 4.78 is 34.7. The molecule has 1 atom stereocenters. The minimum absolute atomic E-state index is 0.0762. The quantitative estimate of drug-likeness (QED) is 0.305. The third-order valence-corrected chi connectivity index (χ3v) is 9.58. The van der Waals surface area contributed by atoms with Crippen LogP contribution < -0.4 is 14.4 Å². The van der Waals surface area contributed by atoms with Crippen LogP contribution in [0.25, 0.3) is 0 Å². The lowest BCUT2D eigenvalue weighted by Crippen LogP contribution is -2.52. The van der Waals surface area contributed by atoms with Gasteiger partial charge in [-0.15, -0.1) is 0 Å². The molecule has 0 aliphatic heterocycles. The molecule has 0 radical (unpaired) electrons. The summed E-state index contributed by atoms with van der Waals surface area (Å²) in [5, 5.41) is 3.10. The summed E-state index contributed by atoms with van der Waals surface area (Å²) in [5.41, 5.74) is 3.12.